The van der Waals surface area contributed by atoms with E-state index >= 15 is 0 Å². The Morgan fingerprint density at radius 2 is 1.67 bits per heavy atom. The molecule has 6 nitrogen and oxygen atoms in total. The molecule has 0 radical (unpaired) electrons. The summed E-state index contributed by atoms with van der Waals surface area (Å²) in [6.45, 7) is 0.523. The van der Waals surface area contributed by atoms with Crippen molar-refractivity contribution in [1.29, 1.82) is 0 Å². The maximum atomic E-state index is 13.2. The predicted octanol–water partition coefficient (Wildman–Crippen LogP) is 5.79. The Bertz CT molecular complexity index is 1250. The molecule has 0 atom stereocenters. The molecule has 2 aromatic carbocycles. The fourth-order valence-electron chi connectivity index (χ4n) is 4.10. The van der Waals surface area contributed by atoms with Gasteiger partial charge in [0.1, 0.15) is 6.61 Å². The number of carboxylic acid groups (broad SMARTS) is 1. The van der Waals surface area contributed by atoms with E-state index in [-0.39, 0.29) is 18.9 Å². The first kappa shape index (κ1) is 21.4. The molecule has 0 bridgehead atoms. The van der Waals surface area contributed by atoms with Crippen molar-refractivity contribution in [2.75, 3.05) is 11.5 Å². The topological polar surface area (TPSA) is 79.7 Å². The second-order valence-electron chi connectivity index (χ2n) is 7.66. The van der Waals surface area contributed by atoms with Crippen LogP contribution < -0.4 is 4.90 Å². The summed E-state index contributed by atoms with van der Waals surface area (Å²) >= 11 is 2.78. The third kappa shape index (κ3) is 4.40. The number of anilines is 1. The van der Waals surface area contributed by atoms with Crippen molar-refractivity contribution in [3.63, 3.8) is 0 Å². The second-order valence-corrected chi connectivity index (χ2v) is 9.53. The molecule has 0 saturated heterocycles. The molecule has 0 unspecified atom stereocenters. The van der Waals surface area contributed by atoms with Crippen molar-refractivity contribution in [3.8, 4) is 11.1 Å². The van der Waals surface area contributed by atoms with Crippen molar-refractivity contribution in [3.05, 3.63) is 93.1 Å². The lowest BCUT2D eigenvalue weighted by Crippen LogP contribution is -2.31. The number of hydrogen-bond acceptors (Lipinski definition) is 6. The zero-order valence-corrected chi connectivity index (χ0v) is 19.1. The molecule has 1 aliphatic carbocycles. The van der Waals surface area contributed by atoms with Gasteiger partial charge in [-0.15, -0.1) is 22.7 Å². The summed E-state index contributed by atoms with van der Waals surface area (Å²) < 4.78 is 5.84. The summed E-state index contributed by atoms with van der Waals surface area (Å²) in [5.41, 5.74) is 5.05. The standard InChI is InChI=1S/C25H20N2O4S2/c28-23(29)12-16-15-33-24(26-16)27(13-17-6-5-11-32-17)25(30)31-14-22-20-9-3-1-7-18(20)19-8-2-4-10-21(19)22/h1-11,15,22H,12-14H2,(H,28,29). The van der Waals surface area contributed by atoms with Crippen LogP contribution in [0.5, 0.6) is 0 Å². The molecule has 0 aliphatic heterocycles. The minimum Gasteiger partial charge on any atom is -0.481 e. The molecule has 8 heteroatoms. The Balaban J connectivity index is 1.38. The Morgan fingerprint density at radius 3 is 2.30 bits per heavy atom. The van der Waals surface area contributed by atoms with Gasteiger partial charge in [0, 0.05) is 16.2 Å². The van der Waals surface area contributed by atoms with Crippen LogP contribution in [-0.2, 0) is 22.5 Å². The van der Waals surface area contributed by atoms with Gasteiger partial charge in [-0.05, 0) is 33.7 Å². The quantitative estimate of drug-likeness (QED) is 0.365. The van der Waals surface area contributed by atoms with Gasteiger partial charge in [-0.1, -0.05) is 54.6 Å². The van der Waals surface area contributed by atoms with Gasteiger partial charge < -0.3 is 9.84 Å². The molecule has 0 fully saturated rings. The molecule has 166 valence electrons. The number of carboxylic acids is 1. The number of hydrogen-bond donors (Lipinski definition) is 1. The Hall–Kier alpha value is -3.49. The molecule has 4 aromatic rings. The van der Waals surface area contributed by atoms with Crippen LogP contribution in [0.15, 0.2) is 71.4 Å². The fraction of sp³-hybridized carbons (Fsp3) is 0.160. The molecule has 33 heavy (non-hydrogen) atoms. The number of ether oxygens (including phenoxy) is 1. The number of aromatic nitrogens is 1. The number of amides is 1. The van der Waals surface area contributed by atoms with E-state index in [0.717, 1.165) is 16.0 Å². The Kier molecular flexibility index (Phi) is 5.93. The molecule has 2 aromatic heterocycles. The molecule has 5 rings (SSSR count). The van der Waals surface area contributed by atoms with Crippen molar-refractivity contribution < 1.29 is 19.4 Å². The van der Waals surface area contributed by atoms with Crippen LogP contribution in [-0.4, -0.2) is 28.8 Å². The maximum absolute atomic E-state index is 13.2. The van der Waals surface area contributed by atoms with Crippen molar-refractivity contribution in [1.82, 2.24) is 4.98 Å². The van der Waals surface area contributed by atoms with Crippen LogP contribution in [0, 0.1) is 0 Å². The van der Waals surface area contributed by atoms with Gasteiger partial charge in [0.25, 0.3) is 0 Å². The summed E-state index contributed by atoms with van der Waals surface area (Å²) in [6, 6.07) is 20.3. The minimum absolute atomic E-state index is 0.0381. The van der Waals surface area contributed by atoms with E-state index in [1.54, 1.807) is 5.38 Å². The molecular formula is C25H20N2O4S2. The van der Waals surface area contributed by atoms with Crippen molar-refractivity contribution >= 4 is 39.9 Å². The summed E-state index contributed by atoms with van der Waals surface area (Å²) in [5, 5.41) is 13.1. The number of thiophene rings is 1. The third-order valence-electron chi connectivity index (χ3n) is 5.55. The highest BCUT2D eigenvalue weighted by Gasteiger charge is 2.30. The summed E-state index contributed by atoms with van der Waals surface area (Å²) in [6.07, 6.45) is -0.685. The number of aliphatic carboxylic acids is 1. The monoisotopic (exact) mass is 476 g/mol. The number of rotatable bonds is 7. The number of fused-ring (bicyclic) bond motifs is 3. The maximum Gasteiger partial charge on any atom is 0.416 e. The van der Waals surface area contributed by atoms with E-state index in [9.17, 15) is 9.59 Å². The lowest BCUT2D eigenvalue weighted by Gasteiger charge is -2.21. The largest absolute Gasteiger partial charge is 0.481 e. The molecule has 2 heterocycles. The van der Waals surface area contributed by atoms with Gasteiger partial charge in [-0.3, -0.25) is 4.79 Å². The van der Waals surface area contributed by atoms with E-state index < -0.39 is 12.1 Å². The molecule has 0 spiro atoms. The highest BCUT2D eigenvalue weighted by Crippen LogP contribution is 2.44. The summed E-state index contributed by atoms with van der Waals surface area (Å²) in [7, 11) is 0. The minimum atomic E-state index is -0.960. The van der Waals surface area contributed by atoms with Gasteiger partial charge in [0.2, 0.25) is 0 Å². The molecule has 0 saturated carbocycles. The normalized spacial score (nSPS) is 12.2. The molecule has 1 aliphatic rings. The van der Waals surface area contributed by atoms with Crippen LogP contribution in [0.25, 0.3) is 11.1 Å². The first-order valence-corrected chi connectivity index (χ1v) is 12.2. The lowest BCUT2D eigenvalue weighted by molar-refractivity contribution is -0.136. The van der Waals surface area contributed by atoms with E-state index in [1.807, 2.05) is 41.8 Å². The number of carbonyl (C=O) groups excluding carboxylic acids is 1. The number of thiazole rings is 1. The SMILES string of the molecule is O=C(O)Cc1csc(N(Cc2cccs2)C(=O)OCC2c3ccccc3-c3ccccc32)n1. The average molecular weight is 477 g/mol. The van der Waals surface area contributed by atoms with E-state index in [4.69, 9.17) is 9.84 Å². The highest BCUT2D eigenvalue weighted by molar-refractivity contribution is 7.14. The van der Waals surface area contributed by atoms with Crippen LogP contribution in [0.1, 0.15) is 27.6 Å². The number of carbonyl (C=O) groups is 2. The molecular weight excluding hydrogens is 456 g/mol. The van der Waals surface area contributed by atoms with Crippen LogP contribution >= 0.6 is 22.7 Å². The second kappa shape index (κ2) is 9.17. The smallest absolute Gasteiger partial charge is 0.416 e. The summed E-state index contributed by atoms with van der Waals surface area (Å²) in [5.74, 6) is -0.999. The molecule has 1 N–H and O–H groups in total. The lowest BCUT2D eigenvalue weighted by atomic mass is 9.98. The van der Waals surface area contributed by atoms with E-state index in [2.05, 4.69) is 29.2 Å². The van der Waals surface area contributed by atoms with Gasteiger partial charge in [0.15, 0.2) is 5.13 Å². The van der Waals surface area contributed by atoms with Crippen molar-refractivity contribution in [2.24, 2.45) is 0 Å². The third-order valence-corrected chi connectivity index (χ3v) is 7.33. The highest BCUT2D eigenvalue weighted by atomic mass is 32.1. The number of nitrogens with zero attached hydrogens (tertiary/aromatic N) is 2. The van der Waals surface area contributed by atoms with Gasteiger partial charge in [-0.2, -0.15) is 0 Å². The predicted molar refractivity (Wildman–Crippen MR) is 129 cm³/mol. The summed E-state index contributed by atoms with van der Waals surface area (Å²) in [4.78, 5) is 31.1. The molecule has 1 amide bonds. The van der Waals surface area contributed by atoms with E-state index in [1.165, 1.54) is 38.7 Å². The fourth-order valence-corrected chi connectivity index (χ4v) is 5.60. The zero-order valence-electron chi connectivity index (χ0n) is 17.5. The van der Waals surface area contributed by atoms with Gasteiger partial charge in [-0.25, -0.2) is 14.7 Å². The van der Waals surface area contributed by atoms with Crippen LogP contribution in [0.3, 0.4) is 0 Å². The first-order chi connectivity index (χ1) is 16.1. The van der Waals surface area contributed by atoms with E-state index in [0.29, 0.717) is 17.4 Å². The van der Waals surface area contributed by atoms with Crippen molar-refractivity contribution in [2.45, 2.75) is 18.9 Å². The number of benzene rings is 2. The Morgan fingerprint density at radius 1 is 0.970 bits per heavy atom. The van der Waals surface area contributed by atoms with Gasteiger partial charge >= 0.3 is 12.1 Å². The van der Waals surface area contributed by atoms with Crippen LogP contribution in [0.4, 0.5) is 9.93 Å². The zero-order chi connectivity index (χ0) is 22.8. The van der Waals surface area contributed by atoms with Gasteiger partial charge in [0.05, 0.1) is 18.7 Å². The Labute approximate surface area is 198 Å². The first-order valence-electron chi connectivity index (χ1n) is 10.4. The average Bonchev–Trinajstić information content (AvgIpc) is 3.55. The van der Waals surface area contributed by atoms with Crippen LogP contribution in [0.2, 0.25) is 0 Å².